The van der Waals surface area contributed by atoms with Crippen LogP contribution in [0.3, 0.4) is 0 Å². The normalized spacial score (nSPS) is 19.2. The Balaban J connectivity index is 2.54. The van der Waals surface area contributed by atoms with Gasteiger partial charge in [0, 0.05) is 13.1 Å². The van der Waals surface area contributed by atoms with E-state index in [0.717, 1.165) is 0 Å². The summed E-state index contributed by atoms with van der Waals surface area (Å²) in [5, 5.41) is 3.59. The third-order valence-corrected chi connectivity index (χ3v) is 5.63. The zero-order valence-electron chi connectivity index (χ0n) is 20.4. The Morgan fingerprint density at radius 2 is 1.07 bits per heavy atom. The van der Waals surface area contributed by atoms with Crippen LogP contribution in [0.4, 0.5) is 79.8 Å². The van der Waals surface area contributed by atoms with Gasteiger partial charge in [0.1, 0.15) is 0 Å². The minimum absolute atomic E-state index is 0.0132. The van der Waals surface area contributed by atoms with Crippen molar-refractivity contribution in [3.63, 3.8) is 0 Å². The number of nitrogens with one attached hydrogen (secondary N) is 2. The van der Waals surface area contributed by atoms with Crippen molar-refractivity contribution in [1.82, 2.24) is 10.6 Å². The first kappa shape index (κ1) is 37.2. The van der Waals surface area contributed by atoms with Crippen molar-refractivity contribution >= 4 is 12.2 Å². The lowest BCUT2D eigenvalue weighted by molar-refractivity contribution is -0.343. The maximum atomic E-state index is 13.4. The van der Waals surface area contributed by atoms with Crippen molar-refractivity contribution in [2.24, 2.45) is 11.8 Å². The fourth-order valence-corrected chi connectivity index (χ4v) is 3.18. The van der Waals surface area contributed by atoms with Crippen LogP contribution < -0.4 is 10.6 Å². The summed E-state index contributed by atoms with van der Waals surface area (Å²) in [6.07, 6.45) is -11.1. The van der Waals surface area contributed by atoms with Gasteiger partial charge in [-0.25, -0.2) is 27.2 Å². The second kappa shape index (κ2) is 13.2. The Hall–Kier alpha value is -2.84. The van der Waals surface area contributed by atoms with Crippen molar-refractivity contribution in [1.29, 1.82) is 0 Å². The monoisotopic (exact) mass is 656 g/mol. The van der Waals surface area contributed by atoms with Gasteiger partial charge in [0.25, 0.3) is 0 Å². The topological polar surface area (TPSA) is 76.7 Å². The third-order valence-electron chi connectivity index (χ3n) is 5.63. The predicted octanol–water partition coefficient (Wildman–Crippen LogP) is 6.36. The van der Waals surface area contributed by atoms with E-state index in [0.29, 0.717) is 0 Å². The Morgan fingerprint density at radius 1 is 0.690 bits per heavy atom. The van der Waals surface area contributed by atoms with E-state index in [4.69, 9.17) is 0 Å². The van der Waals surface area contributed by atoms with Gasteiger partial charge >= 0.3 is 60.6 Å². The number of carbonyl (C=O) groups is 2. The molecule has 0 aromatic heterocycles. The van der Waals surface area contributed by atoms with Crippen molar-refractivity contribution in [3.05, 3.63) is 12.2 Å². The summed E-state index contributed by atoms with van der Waals surface area (Å²) in [7, 11) is 0. The number of carbonyl (C=O) groups excluding carboxylic acids is 2. The Kier molecular flexibility index (Phi) is 11.7. The van der Waals surface area contributed by atoms with Gasteiger partial charge < -0.3 is 20.1 Å². The lowest BCUT2D eigenvalue weighted by Gasteiger charge is -2.32. The number of amides is 2. The number of hydrogen-bond donors (Lipinski definition) is 2. The van der Waals surface area contributed by atoms with Crippen molar-refractivity contribution in [2.45, 2.75) is 61.2 Å². The van der Waals surface area contributed by atoms with Crippen molar-refractivity contribution in [2.75, 3.05) is 26.3 Å². The van der Waals surface area contributed by atoms with Crippen molar-refractivity contribution in [3.8, 4) is 0 Å². The van der Waals surface area contributed by atoms with Gasteiger partial charge in [0.05, 0.1) is 0 Å². The molecule has 0 aliphatic heterocycles. The second-order valence-electron chi connectivity index (χ2n) is 8.84. The predicted molar refractivity (Wildman–Crippen MR) is 106 cm³/mol. The smallest absolute Gasteiger partial charge is 0.407 e. The maximum absolute atomic E-state index is 13.4. The Bertz CT molecular complexity index is 960. The lowest BCUT2D eigenvalue weighted by atomic mass is 9.86. The molecule has 2 atom stereocenters. The molecule has 0 saturated carbocycles. The summed E-state index contributed by atoms with van der Waals surface area (Å²) in [5.74, 6) is -39.3. The standard InChI is InChI=1S/C20H20F16N2O4/c21-11(22)17(29,30)19(33,34)15(25,26)7-41-13(39)37-5-9-2-1-3-10(4-9)6-38-14(40)42-8-16(27,28)20(35,36)18(31,32)12(23)24/h1-2,9-12H,3-8H2,(H,37,39)(H,38,40). The molecule has 0 radical (unpaired) electrons. The highest BCUT2D eigenvalue weighted by Crippen LogP contribution is 2.49. The van der Waals surface area contributed by atoms with Gasteiger partial charge in [-0.1, -0.05) is 12.2 Å². The largest absolute Gasteiger partial charge is 0.443 e. The summed E-state index contributed by atoms with van der Waals surface area (Å²) in [5.41, 5.74) is 0. The molecule has 0 saturated heterocycles. The highest BCUT2D eigenvalue weighted by atomic mass is 19.4. The Morgan fingerprint density at radius 3 is 1.45 bits per heavy atom. The minimum Gasteiger partial charge on any atom is -0.443 e. The van der Waals surface area contributed by atoms with Crippen LogP contribution in [0.2, 0.25) is 0 Å². The first-order valence-electron chi connectivity index (χ1n) is 11.1. The second-order valence-corrected chi connectivity index (χ2v) is 8.84. The highest BCUT2D eigenvalue weighted by molar-refractivity contribution is 5.67. The van der Waals surface area contributed by atoms with Crippen LogP contribution in [0.25, 0.3) is 0 Å². The molecule has 6 nitrogen and oxygen atoms in total. The summed E-state index contributed by atoms with van der Waals surface area (Å²) in [4.78, 5) is 23.0. The molecule has 2 unspecified atom stereocenters. The third kappa shape index (κ3) is 8.16. The summed E-state index contributed by atoms with van der Waals surface area (Å²) in [6.45, 7) is -6.38. The van der Waals surface area contributed by atoms with Gasteiger partial charge in [-0.05, 0) is 24.7 Å². The van der Waals surface area contributed by atoms with E-state index in [-0.39, 0.29) is 12.8 Å². The van der Waals surface area contributed by atoms with Gasteiger partial charge in [-0.2, -0.15) is 52.7 Å². The van der Waals surface area contributed by atoms with Gasteiger partial charge in [-0.15, -0.1) is 0 Å². The van der Waals surface area contributed by atoms with E-state index >= 15 is 0 Å². The van der Waals surface area contributed by atoms with Gasteiger partial charge in [-0.3, -0.25) is 0 Å². The van der Waals surface area contributed by atoms with Crippen LogP contribution >= 0.6 is 0 Å². The Labute approximate surface area is 224 Å². The van der Waals surface area contributed by atoms with E-state index in [9.17, 15) is 79.8 Å². The molecule has 2 amide bonds. The van der Waals surface area contributed by atoms with Crippen LogP contribution in [0, 0.1) is 11.8 Å². The fourth-order valence-electron chi connectivity index (χ4n) is 3.18. The number of allylic oxidation sites excluding steroid dienone is 1. The van der Waals surface area contributed by atoms with Gasteiger partial charge in [0.2, 0.25) is 0 Å². The van der Waals surface area contributed by atoms with E-state index < -0.39 is 98.7 Å². The zero-order valence-corrected chi connectivity index (χ0v) is 20.4. The number of alkyl carbamates (subject to hydrolysis) is 2. The molecule has 2 N–H and O–H groups in total. The molecule has 1 aliphatic rings. The summed E-state index contributed by atoms with van der Waals surface area (Å²) >= 11 is 0. The molecule has 0 fully saturated rings. The van der Waals surface area contributed by atoms with E-state index in [1.165, 1.54) is 12.2 Å². The number of ether oxygens (including phenoxy) is 2. The molecule has 0 aromatic carbocycles. The number of hydrogen-bond acceptors (Lipinski definition) is 4. The molecule has 22 heteroatoms. The molecular weight excluding hydrogens is 636 g/mol. The first-order valence-corrected chi connectivity index (χ1v) is 11.1. The number of rotatable bonds is 14. The lowest BCUT2D eigenvalue weighted by Crippen LogP contribution is -2.59. The van der Waals surface area contributed by atoms with Crippen LogP contribution in [0.5, 0.6) is 0 Å². The van der Waals surface area contributed by atoms with Crippen molar-refractivity contribution < 1.29 is 89.3 Å². The molecule has 0 bridgehead atoms. The average molecular weight is 656 g/mol. The van der Waals surface area contributed by atoms with Crippen LogP contribution in [-0.4, -0.2) is 86.9 Å². The molecule has 1 rings (SSSR count). The molecule has 246 valence electrons. The summed E-state index contributed by atoms with van der Waals surface area (Å²) < 4.78 is 213. The van der Waals surface area contributed by atoms with Crippen LogP contribution in [0.1, 0.15) is 12.8 Å². The molecule has 1 aliphatic carbocycles. The molecule has 42 heavy (non-hydrogen) atoms. The maximum Gasteiger partial charge on any atom is 0.407 e. The van der Waals surface area contributed by atoms with E-state index in [1.807, 2.05) is 0 Å². The van der Waals surface area contributed by atoms with Crippen LogP contribution in [0.15, 0.2) is 12.2 Å². The van der Waals surface area contributed by atoms with Gasteiger partial charge in [0.15, 0.2) is 13.2 Å². The number of halogens is 16. The molecular formula is C20H20F16N2O4. The molecule has 0 spiro atoms. The molecule has 0 aromatic rings. The fraction of sp³-hybridized carbons (Fsp3) is 0.800. The SMILES string of the molecule is O=C(NCC1C=CCC(CNC(=O)OCC(F)(F)C(F)(F)C(F)(F)C(F)F)C1)OCC(F)(F)C(F)(F)C(F)(F)C(F)F. The summed E-state index contributed by atoms with van der Waals surface area (Å²) in [6, 6.07) is 0. The van der Waals surface area contributed by atoms with E-state index in [1.54, 1.807) is 10.6 Å². The van der Waals surface area contributed by atoms with Crippen LogP contribution in [-0.2, 0) is 9.47 Å². The molecule has 0 heterocycles. The highest BCUT2D eigenvalue weighted by Gasteiger charge is 2.76. The quantitative estimate of drug-likeness (QED) is 0.169. The zero-order chi connectivity index (χ0) is 32.9. The first-order chi connectivity index (χ1) is 18.8. The number of alkyl halides is 16. The van der Waals surface area contributed by atoms with E-state index in [2.05, 4.69) is 9.47 Å². The minimum atomic E-state index is -6.60. The average Bonchev–Trinajstić information content (AvgIpc) is 2.88.